The van der Waals surface area contributed by atoms with Crippen LogP contribution in [0, 0.1) is 10.1 Å². The maximum atomic E-state index is 11.3. The molecule has 0 radical (unpaired) electrons. The fourth-order valence-electron chi connectivity index (χ4n) is 2.33. The molecule has 1 aliphatic rings. The molecule has 1 unspecified atom stereocenters. The van der Waals surface area contributed by atoms with E-state index in [4.69, 9.17) is 4.74 Å². The molecule has 1 aliphatic heterocycles. The number of hydrogen-bond acceptors (Lipinski definition) is 5. The summed E-state index contributed by atoms with van der Waals surface area (Å²) in [6.07, 6.45) is 0.934. The summed E-state index contributed by atoms with van der Waals surface area (Å²) in [5, 5.41) is 17.8. The van der Waals surface area contributed by atoms with E-state index in [2.05, 4.69) is 17.6 Å². The summed E-state index contributed by atoms with van der Waals surface area (Å²) in [4.78, 5) is 10.9. The second-order valence-electron chi connectivity index (χ2n) is 4.95. The summed E-state index contributed by atoms with van der Waals surface area (Å²) in [6, 6.07) is 5.12. The highest BCUT2D eigenvalue weighted by Gasteiger charge is 2.31. The van der Waals surface area contributed by atoms with Crippen LogP contribution in [-0.4, -0.2) is 30.2 Å². The number of nitro benzene ring substituents is 1. The molecule has 0 spiro atoms. The Bertz CT molecular complexity index is 470. The molecule has 1 atom stereocenters. The normalized spacial score (nSPS) is 22.2. The van der Waals surface area contributed by atoms with E-state index in [1.54, 1.807) is 18.2 Å². The molecule has 1 heterocycles. The molecule has 1 fully saturated rings. The minimum absolute atomic E-state index is 0.0116. The van der Waals surface area contributed by atoms with Crippen LogP contribution in [0.4, 0.5) is 11.4 Å². The zero-order chi connectivity index (χ0) is 13.9. The summed E-state index contributed by atoms with van der Waals surface area (Å²) >= 11 is 0. The number of nitrogens with one attached hydrogen (secondary N) is 2. The molecule has 1 saturated heterocycles. The Balaban J connectivity index is 2.33. The maximum Gasteiger partial charge on any atom is 0.333 e. The number of benzene rings is 1. The maximum absolute atomic E-state index is 11.3. The molecule has 0 aromatic heterocycles. The van der Waals surface area contributed by atoms with Crippen LogP contribution in [0.1, 0.15) is 20.3 Å². The van der Waals surface area contributed by atoms with Crippen LogP contribution >= 0.6 is 0 Å². The lowest BCUT2D eigenvalue weighted by molar-refractivity contribution is -0.385. The summed E-state index contributed by atoms with van der Waals surface area (Å²) < 4.78 is 5.34. The topological polar surface area (TPSA) is 76.4 Å². The fraction of sp³-hybridized carbons (Fsp3) is 0.538. The average molecular weight is 265 g/mol. The van der Waals surface area contributed by atoms with E-state index in [0.29, 0.717) is 18.0 Å². The van der Waals surface area contributed by atoms with Crippen LogP contribution in [0.2, 0.25) is 0 Å². The van der Waals surface area contributed by atoms with Gasteiger partial charge >= 0.3 is 5.69 Å². The van der Waals surface area contributed by atoms with Crippen molar-refractivity contribution in [3.05, 3.63) is 28.3 Å². The van der Waals surface area contributed by atoms with Crippen molar-refractivity contribution in [2.45, 2.75) is 25.8 Å². The molecule has 6 heteroatoms. The van der Waals surface area contributed by atoms with Crippen LogP contribution in [0.5, 0.6) is 5.75 Å². The molecule has 104 valence electrons. The first-order chi connectivity index (χ1) is 9.06. The number of rotatable bonds is 5. The summed E-state index contributed by atoms with van der Waals surface area (Å²) in [5.41, 5.74) is 0.370. The third-order valence-corrected chi connectivity index (χ3v) is 3.29. The van der Waals surface area contributed by atoms with Crippen molar-refractivity contribution >= 4 is 11.4 Å². The third kappa shape index (κ3) is 2.96. The van der Waals surface area contributed by atoms with E-state index >= 15 is 0 Å². The Morgan fingerprint density at radius 1 is 1.58 bits per heavy atom. The van der Waals surface area contributed by atoms with Gasteiger partial charge in [0.2, 0.25) is 0 Å². The first-order valence-electron chi connectivity index (χ1n) is 6.45. The molecular formula is C13H19N3O3. The summed E-state index contributed by atoms with van der Waals surface area (Å²) in [5.74, 6) is 0.312. The SMILES string of the molecule is CCOc1cccc(NC2(C)CCNC2)c1[N+](=O)[O-]. The summed E-state index contributed by atoms with van der Waals surface area (Å²) in [6.45, 7) is 5.99. The van der Waals surface area contributed by atoms with Crippen molar-refractivity contribution in [3.8, 4) is 5.75 Å². The smallest absolute Gasteiger partial charge is 0.333 e. The van der Waals surface area contributed by atoms with Crippen LogP contribution in [0.15, 0.2) is 18.2 Å². The number of nitrogens with zero attached hydrogens (tertiary/aromatic N) is 1. The molecule has 0 amide bonds. The standard InChI is InChI=1S/C13H19N3O3/c1-3-19-11-6-4-5-10(12(11)16(17)18)15-13(2)7-8-14-9-13/h4-6,14-15H,3,7-9H2,1-2H3. The van der Waals surface area contributed by atoms with Gasteiger partial charge in [-0.15, -0.1) is 0 Å². The second-order valence-corrected chi connectivity index (χ2v) is 4.95. The Hall–Kier alpha value is -1.82. The molecule has 2 rings (SSSR count). The van der Waals surface area contributed by atoms with Gasteiger partial charge in [0.1, 0.15) is 5.69 Å². The Labute approximate surface area is 112 Å². The van der Waals surface area contributed by atoms with Crippen LogP contribution in [-0.2, 0) is 0 Å². The first kappa shape index (κ1) is 13.6. The lowest BCUT2D eigenvalue weighted by atomic mass is 10.0. The van der Waals surface area contributed by atoms with Gasteiger partial charge in [-0.3, -0.25) is 10.1 Å². The predicted molar refractivity (Wildman–Crippen MR) is 73.8 cm³/mol. The molecule has 19 heavy (non-hydrogen) atoms. The van der Waals surface area contributed by atoms with Crippen LogP contribution in [0.3, 0.4) is 0 Å². The third-order valence-electron chi connectivity index (χ3n) is 3.29. The Morgan fingerprint density at radius 2 is 2.37 bits per heavy atom. The minimum Gasteiger partial charge on any atom is -0.487 e. The van der Waals surface area contributed by atoms with Gasteiger partial charge in [-0.2, -0.15) is 0 Å². The Kier molecular flexibility index (Phi) is 3.90. The number of ether oxygens (including phenoxy) is 1. The molecule has 0 saturated carbocycles. The van der Waals surface area contributed by atoms with E-state index in [1.165, 1.54) is 0 Å². The van der Waals surface area contributed by atoms with Gasteiger partial charge in [0.25, 0.3) is 0 Å². The molecular weight excluding hydrogens is 246 g/mol. The number of para-hydroxylation sites is 1. The zero-order valence-corrected chi connectivity index (χ0v) is 11.2. The van der Waals surface area contributed by atoms with Crippen molar-refractivity contribution in [2.75, 3.05) is 25.0 Å². The van der Waals surface area contributed by atoms with Crippen molar-refractivity contribution in [2.24, 2.45) is 0 Å². The van der Waals surface area contributed by atoms with Gasteiger partial charge in [-0.25, -0.2) is 0 Å². The fourth-order valence-corrected chi connectivity index (χ4v) is 2.33. The first-order valence-corrected chi connectivity index (χ1v) is 6.45. The molecule has 2 N–H and O–H groups in total. The van der Waals surface area contributed by atoms with Gasteiger partial charge in [0.05, 0.1) is 11.5 Å². The number of nitro groups is 1. The largest absolute Gasteiger partial charge is 0.487 e. The predicted octanol–water partition coefficient (Wildman–Crippen LogP) is 2.16. The van der Waals surface area contributed by atoms with Crippen LogP contribution in [0.25, 0.3) is 0 Å². The van der Waals surface area contributed by atoms with E-state index in [-0.39, 0.29) is 16.1 Å². The molecule has 1 aromatic rings. The minimum atomic E-state index is -0.390. The van der Waals surface area contributed by atoms with Gasteiger partial charge in [-0.1, -0.05) is 6.07 Å². The average Bonchev–Trinajstić information content (AvgIpc) is 2.76. The molecule has 1 aromatic carbocycles. The van der Waals surface area contributed by atoms with Gasteiger partial charge in [0, 0.05) is 12.1 Å². The van der Waals surface area contributed by atoms with E-state index in [0.717, 1.165) is 19.5 Å². The highest BCUT2D eigenvalue weighted by Crippen LogP contribution is 2.36. The van der Waals surface area contributed by atoms with E-state index in [1.807, 2.05) is 6.92 Å². The molecule has 6 nitrogen and oxygen atoms in total. The van der Waals surface area contributed by atoms with Gasteiger partial charge < -0.3 is 15.4 Å². The summed E-state index contributed by atoms with van der Waals surface area (Å²) in [7, 11) is 0. The van der Waals surface area contributed by atoms with Gasteiger partial charge in [0.15, 0.2) is 5.75 Å². The van der Waals surface area contributed by atoms with E-state index < -0.39 is 0 Å². The van der Waals surface area contributed by atoms with Crippen molar-refractivity contribution in [3.63, 3.8) is 0 Å². The van der Waals surface area contributed by atoms with Crippen molar-refractivity contribution < 1.29 is 9.66 Å². The highest BCUT2D eigenvalue weighted by atomic mass is 16.6. The Morgan fingerprint density at radius 3 is 2.95 bits per heavy atom. The lowest BCUT2D eigenvalue weighted by Gasteiger charge is -2.25. The molecule has 0 aliphatic carbocycles. The highest BCUT2D eigenvalue weighted by molar-refractivity contribution is 5.69. The van der Waals surface area contributed by atoms with Crippen molar-refractivity contribution in [1.29, 1.82) is 0 Å². The quantitative estimate of drug-likeness (QED) is 0.630. The van der Waals surface area contributed by atoms with Gasteiger partial charge in [-0.05, 0) is 38.9 Å². The number of hydrogen-bond donors (Lipinski definition) is 2. The van der Waals surface area contributed by atoms with E-state index in [9.17, 15) is 10.1 Å². The number of anilines is 1. The lowest BCUT2D eigenvalue weighted by Crippen LogP contribution is -2.37. The second kappa shape index (κ2) is 5.44. The monoisotopic (exact) mass is 265 g/mol. The van der Waals surface area contributed by atoms with Crippen molar-refractivity contribution in [1.82, 2.24) is 5.32 Å². The zero-order valence-electron chi connectivity index (χ0n) is 11.2. The molecule has 0 bridgehead atoms. The van der Waals surface area contributed by atoms with Crippen LogP contribution < -0.4 is 15.4 Å².